The average Bonchev–Trinajstić information content (AvgIpc) is 2.78. The molecule has 0 radical (unpaired) electrons. The number of ether oxygens (including phenoxy) is 1. The number of nitrogens with zero attached hydrogens (tertiary/aromatic N) is 1. The molecule has 124 valence electrons. The molecule has 2 saturated heterocycles. The van der Waals surface area contributed by atoms with Crippen LogP contribution >= 0.6 is 12.4 Å². The topological polar surface area (TPSA) is 24.5 Å². The largest absolute Gasteiger partial charge is 0.435 e. The first kappa shape index (κ1) is 17.4. The van der Waals surface area contributed by atoms with Crippen molar-refractivity contribution in [3.8, 4) is 5.75 Å². The van der Waals surface area contributed by atoms with Crippen molar-refractivity contribution in [2.45, 2.75) is 50.9 Å². The van der Waals surface area contributed by atoms with Gasteiger partial charge in [-0.3, -0.25) is 4.90 Å². The van der Waals surface area contributed by atoms with Crippen molar-refractivity contribution >= 4 is 12.4 Å². The molecule has 2 bridgehead atoms. The summed E-state index contributed by atoms with van der Waals surface area (Å²) in [6.07, 6.45) is 3.75. The lowest BCUT2D eigenvalue weighted by atomic mass is 10.0. The van der Waals surface area contributed by atoms with E-state index in [0.717, 1.165) is 18.7 Å². The molecule has 2 aliphatic heterocycles. The summed E-state index contributed by atoms with van der Waals surface area (Å²) in [5, 5.41) is 3.67. The van der Waals surface area contributed by atoms with Crippen LogP contribution in [0.3, 0.4) is 0 Å². The number of nitrogens with one attached hydrogen (secondary N) is 1. The Hall–Kier alpha value is -0.910. The molecular formula is C16H23ClF2N2O. The van der Waals surface area contributed by atoms with E-state index in [0.29, 0.717) is 18.1 Å². The summed E-state index contributed by atoms with van der Waals surface area (Å²) in [5.41, 5.74) is 1.15. The predicted molar refractivity (Wildman–Crippen MR) is 84.9 cm³/mol. The van der Waals surface area contributed by atoms with Crippen molar-refractivity contribution < 1.29 is 13.5 Å². The molecular weight excluding hydrogens is 310 g/mol. The van der Waals surface area contributed by atoms with E-state index in [4.69, 9.17) is 0 Å². The van der Waals surface area contributed by atoms with Gasteiger partial charge in [-0.2, -0.15) is 8.78 Å². The van der Waals surface area contributed by atoms with E-state index in [9.17, 15) is 8.78 Å². The van der Waals surface area contributed by atoms with Crippen LogP contribution in [0.4, 0.5) is 8.78 Å². The Bertz CT molecular complexity index is 472. The number of hydrogen-bond donors (Lipinski definition) is 1. The normalized spacial score (nSPS) is 26.4. The van der Waals surface area contributed by atoms with Crippen molar-refractivity contribution in [2.24, 2.45) is 0 Å². The molecule has 2 fully saturated rings. The summed E-state index contributed by atoms with van der Waals surface area (Å²) in [7, 11) is 0. The monoisotopic (exact) mass is 332 g/mol. The Kier molecular flexibility index (Phi) is 6.01. The van der Waals surface area contributed by atoms with E-state index in [2.05, 4.69) is 21.9 Å². The highest BCUT2D eigenvalue weighted by Gasteiger charge is 2.31. The summed E-state index contributed by atoms with van der Waals surface area (Å²) in [6.45, 7) is 1.57. The van der Waals surface area contributed by atoms with E-state index in [1.54, 1.807) is 12.1 Å². The van der Waals surface area contributed by atoms with E-state index in [1.165, 1.54) is 19.3 Å². The third-order valence-corrected chi connectivity index (χ3v) is 4.69. The number of alkyl halides is 2. The number of hydrogen-bond acceptors (Lipinski definition) is 3. The van der Waals surface area contributed by atoms with Gasteiger partial charge in [-0.05, 0) is 43.9 Å². The second kappa shape index (κ2) is 7.57. The van der Waals surface area contributed by atoms with Gasteiger partial charge in [0.1, 0.15) is 5.75 Å². The lowest BCUT2D eigenvalue weighted by Gasteiger charge is -2.30. The van der Waals surface area contributed by atoms with Crippen molar-refractivity contribution in [1.82, 2.24) is 10.2 Å². The standard InChI is InChI=1S/C16H22F2N2O.ClH/c1-11(12-2-6-15(7-3-12)21-16(17)18)20-9-8-13-4-5-14(10-20)19-13;/h2-3,6-7,11,13-14,16,19H,4-5,8-10H2,1H3;1H. The molecule has 3 nitrogen and oxygen atoms in total. The highest BCUT2D eigenvalue weighted by molar-refractivity contribution is 5.85. The molecule has 1 aromatic rings. The third-order valence-electron chi connectivity index (χ3n) is 4.69. The Morgan fingerprint density at radius 3 is 2.50 bits per heavy atom. The number of halogens is 3. The Balaban J connectivity index is 0.00000176. The number of rotatable bonds is 4. The molecule has 22 heavy (non-hydrogen) atoms. The average molecular weight is 333 g/mol. The fraction of sp³-hybridized carbons (Fsp3) is 0.625. The first-order valence-corrected chi connectivity index (χ1v) is 7.66. The van der Waals surface area contributed by atoms with Crippen LogP contribution < -0.4 is 10.1 Å². The summed E-state index contributed by atoms with van der Waals surface area (Å²) < 4.78 is 28.7. The van der Waals surface area contributed by atoms with Gasteiger partial charge in [-0.1, -0.05) is 12.1 Å². The molecule has 1 N–H and O–H groups in total. The van der Waals surface area contributed by atoms with Crippen LogP contribution in [0.15, 0.2) is 24.3 Å². The molecule has 3 atom stereocenters. The van der Waals surface area contributed by atoms with Gasteiger partial charge < -0.3 is 10.1 Å². The molecule has 2 aliphatic rings. The highest BCUT2D eigenvalue weighted by atomic mass is 35.5. The van der Waals surface area contributed by atoms with E-state index in [1.807, 2.05) is 12.1 Å². The van der Waals surface area contributed by atoms with Gasteiger partial charge in [-0.15, -0.1) is 12.4 Å². The Morgan fingerprint density at radius 2 is 1.82 bits per heavy atom. The van der Waals surface area contributed by atoms with E-state index in [-0.39, 0.29) is 18.2 Å². The molecule has 2 heterocycles. The summed E-state index contributed by atoms with van der Waals surface area (Å²) in [4.78, 5) is 2.49. The molecule has 0 amide bonds. The van der Waals surface area contributed by atoms with Crippen molar-refractivity contribution in [2.75, 3.05) is 13.1 Å². The van der Waals surface area contributed by atoms with Gasteiger partial charge in [0.2, 0.25) is 0 Å². The number of benzene rings is 1. The Morgan fingerprint density at radius 1 is 1.14 bits per heavy atom. The van der Waals surface area contributed by atoms with Crippen LogP contribution in [-0.4, -0.2) is 36.7 Å². The van der Waals surface area contributed by atoms with E-state index < -0.39 is 6.61 Å². The zero-order valence-electron chi connectivity index (χ0n) is 12.7. The third kappa shape index (κ3) is 4.09. The van der Waals surface area contributed by atoms with Gasteiger partial charge in [0.15, 0.2) is 0 Å². The molecule has 0 aromatic heterocycles. The molecule has 3 unspecified atom stereocenters. The summed E-state index contributed by atoms with van der Waals surface area (Å²) >= 11 is 0. The quantitative estimate of drug-likeness (QED) is 0.911. The first-order chi connectivity index (χ1) is 10.1. The zero-order valence-corrected chi connectivity index (χ0v) is 13.5. The van der Waals surface area contributed by atoms with Gasteiger partial charge in [-0.25, -0.2) is 0 Å². The minimum atomic E-state index is -2.76. The fourth-order valence-corrected chi connectivity index (χ4v) is 3.46. The first-order valence-electron chi connectivity index (χ1n) is 7.66. The van der Waals surface area contributed by atoms with Crippen LogP contribution in [0.5, 0.6) is 5.75 Å². The van der Waals surface area contributed by atoms with Gasteiger partial charge >= 0.3 is 6.61 Å². The van der Waals surface area contributed by atoms with Crippen LogP contribution in [0, 0.1) is 0 Å². The second-order valence-electron chi connectivity index (χ2n) is 6.04. The molecule has 0 saturated carbocycles. The minimum Gasteiger partial charge on any atom is -0.435 e. The van der Waals surface area contributed by atoms with E-state index >= 15 is 0 Å². The highest BCUT2D eigenvalue weighted by Crippen LogP contribution is 2.28. The SMILES string of the molecule is CC(c1ccc(OC(F)F)cc1)N1CCC2CCC(C1)N2.Cl. The van der Waals surface area contributed by atoms with Crippen molar-refractivity contribution in [1.29, 1.82) is 0 Å². The van der Waals surface area contributed by atoms with Crippen molar-refractivity contribution in [3.05, 3.63) is 29.8 Å². The maximum Gasteiger partial charge on any atom is 0.387 e. The molecule has 0 spiro atoms. The molecule has 6 heteroatoms. The number of likely N-dealkylation sites (tertiary alicyclic amines) is 1. The molecule has 1 aromatic carbocycles. The second-order valence-corrected chi connectivity index (χ2v) is 6.04. The van der Waals surface area contributed by atoms with Crippen LogP contribution in [-0.2, 0) is 0 Å². The number of fused-ring (bicyclic) bond motifs is 2. The minimum absolute atomic E-state index is 0. The van der Waals surface area contributed by atoms with Gasteiger partial charge in [0, 0.05) is 31.2 Å². The van der Waals surface area contributed by atoms with Gasteiger partial charge in [0.25, 0.3) is 0 Å². The fourth-order valence-electron chi connectivity index (χ4n) is 3.46. The zero-order chi connectivity index (χ0) is 14.8. The summed E-state index contributed by atoms with van der Waals surface area (Å²) in [5.74, 6) is 0.220. The molecule has 3 rings (SSSR count). The predicted octanol–water partition coefficient (Wildman–Crippen LogP) is 3.60. The smallest absolute Gasteiger partial charge is 0.387 e. The van der Waals surface area contributed by atoms with Gasteiger partial charge in [0.05, 0.1) is 0 Å². The van der Waals surface area contributed by atoms with Crippen LogP contribution in [0.1, 0.15) is 37.8 Å². The molecule has 0 aliphatic carbocycles. The maximum atomic E-state index is 12.2. The summed E-state index contributed by atoms with van der Waals surface area (Å²) in [6, 6.07) is 8.60. The lowest BCUT2D eigenvalue weighted by Crippen LogP contribution is -2.36. The van der Waals surface area contributed by atoms with Crippen molar-refractivity contribution in [3.63, 3.8) is 0 Å². The maximum absolute atomic E-state index is 12.2. The lowest BCUT2D eigenvalue weighted by molar-refractivity contribution is -0.0498. The van der Waals surface area contributed by atoms with Crippen LogP contribution in [0.25, 0.3) is 0 Å². The van der Waals surface area contributed by atoms with Crippen LogP contribution in [0.2, 0.25) is 0 Å². The Labute approximate surface area is 136 Å².